The van der Waals surface area contributed by atoms with Gasteiger partial charge in [0, 0.05) is 13.7 Å². The van der Waals surface area contributed by atoms with E-state index in [1.54, 1.807) is 24.3 Å². The molecule has 2 aromatic rings. The first-order valence-corrected chi connectivity index (χ1v) is 9.25. The van der Waals surface area contributed by atoms with E-state index >= 15 is 0 Å². The lowest BCUT2D eigenvalue weighted by Crippen LogP contribution is -2.29. The molecule has 0 radical (unpaired) electrons. The lowest BCUT2D eigenvalue weighted by atomic mass is 10.2. The van der Waals surface area contributed by atoms with Crippen molar-refractivity contribution in [3.8, 4) is 5.75 Å². The maximum Gasteiger partial charge on any atom is 0.240 e. The van der Waals surface area contributed by atoms with Crippen molar-refractivity contribution in [1.29, 1.82) is 0 Å². The molecule has 132 valence electrons. The van der Waals surface area contributed by atoms with Crippen LogP contribution in [0.1, 0.15) is 30.8 Å². The van der Waals surface area contributed by atoms with Crippen molar-refractivity contribution >= 4 is 10.0 Å². The Labute approximate surface area is 142 Å². The van der Waals surface area contributed by atoms with Crippen LogP contribution in [0, 0.1) is 6.92 Å². The van der Waals surface area contributed by atoms with E-state index in [0.29, 0.717) is 18.1 Å². The molecule has 0 aliphatic heterocycles. The minimum absolute atomic E-state index is 0.0828. The molecule has 6 nitrogen and oxygen atoms in total. The van der Waals surface area contributed by atoms with Crippen molar-refractivity contribution in [2.45, 2.75) is 31.3 Å². The van der Waals surface area contributed by atoms with Crippen LogP contribution in [-0.4, -0.2) is 28.7 Å². The summed E-state index contributed by atoms with van der Waals surface area (Å²) in [5.74, 6) is 1.26. The molecule has 24 heavy (non-hydrogen) atoms. The van der Waals surface area contributed by atoms with Gasteiger partial charge in [-0.3, -0.25) is 0 Å². The molecule has 1 heterocycles. The third-order valence-electron chi connectivity index (χ3n) is 3.52. The van der Waals surface area contributed by atoms with Crippen LogP contribution < -0.4 is 9.46 Å². The predicted octanol–water partition coefficient (Wildman–Crippen LogP) is 3.04. The van der Waals surface area contributed by atoms with Gasteiger partial charge in [-0.2, -0.15) is 0 Å². The van der Waals surface area contributed by atoms with E-state index in [0.717, 1.165) is 12.0 Å². The van der Waals surface area contributed by atoms with Gasteiger partial charge in [0.15, 0.2) is 0 Å². The number of rotatable bonds is 9. The molecule has 0 saturated carbocycles. The Bertz CT molecular complexity index is 740. The Morgan fingerprint density at radius 2 is 2.08 bits per heavy atom. The van der Waals surface area contributed by atoms with E-state index < -0.39 is 16.1 Å². The Morgan fingerprint density at radius 1 is 1.29 bits per heavy atom. The third kappa shape index (κ3) is 4.59. The number of hydrogen-bond donors (Lipinski definition) is 1. The van der Waals surface area contributed by atoms with Crippen molar-refractivity contribution < 1.29 is 22.3 Å². The van der Waals surface area contributed by atoms with Gasteiger partial charge < -0.3 is 13.9 Å². The normalized spacial score (nSPS) is 13.0. The molecule has 1 aromatic carbocycles. The van der Waals surface area contributed by atoms with E-state index in [9.17, 15) is 8.42 Å². The number of aryl methyl sites for hydroxylation is 1. The summed E-state index contributed by atoms with van der Waals surface area (Å²) in [5.41, 5.74) is 0.778. The van der Waals surface area contributed by atoms with E-state index in [1.165, 1.54) is 19.4 Å². The molecule has 1 atom stereocenters. The van der Waals surface area contributed by atoms with Crippen molar-refractivity contribution in [3.05, 3.63) is 47.9 Å². The molecule has 0 saturated heterocycles. The summed E-state index contributed by atoms with van der Waals surface area (Å²) < 4.78 is 43.6. The number of ether oxygens (including phenoxy) is 2. The molecule has 1 N–H and O–H groups in total. The third-order valence-corrected chi connectivity index (χ3v) is 4.94. The number of sulfonamides is 1. The van der Waals surface area contributed by atoms with Gasteiger partial charge in [-0.1, -0.05) is 6.92 Å². The smallest absolute Gasteiger partial charge is 0.240 e. The average molecular weight is 353 g/mol. The molecule has 0 aliphatic carbocycles. The molecule has 0 fully saturated rings. The van der Waals surface area contributed by atoms with Crippen molar-refractivity contribution in [2.75, 3.05) is 20.3 Å². The topological polar surface area (TPSA) is 77.8 Å². The Morgan fingerprint density at radius 3 is 2.67 bits per heavy atom. The monoisotopic (exact) mass is 353 g/mol. The summed E-state index contributed by atoms with van der Waals surface area (Å²) in [7, 11) is -2.14. The molecule has 1 unspecified atom stereocenters. The summed E-state index contributed by atoms with van der Waals surface area (Å²) >= 11 is 0. The van der Waals surface area contributed by atoms with Gasteiger partial charge >= 0.3 is 0 Å². The molecular weight excluding hydrogens is 330 g/mol. The Hall–Kier alpha value is -1.83. The van der Waals surface area contributed by atoms with E-state index in [1.807, 2.05) is 13.8 Å². The largest absolute Gasteiger partial charge is 0.493 e. The van der Waals surface area contributed by atoms with Gasteiger partial charge in [-0.25, -0.2) is 13.1 Å². The highest BCUT2D eigenvalue weighted by Crippen LogP contribution is 2.23. The lowest BCUT2D eigenvalue weighted by Gasteiger charge is -2.15. The highest BCUT2D eigenvalue weighted by Gasteiger charge is 2.20. The van der Waals surface area contributed by atoms with Gasteiger partial charge in [-0.05, 0) is 49.2 Å². The predicted molar refractivity (Wildman–Crippen MR) is 90.6 cm³/mol. The molecule has 0 spiro atoms. The van der Waals surface area contributed by atoms with Crippen LogP contribution in [0.5, 0.6) is 5.75 Å². The summed E-state index contributed by atoms with van der Waals surface area (Å²) in [5, 5.41) is 0. The molecule has 0 amide bonds. The van der Waals surface area contributed by atoms with E-state index in [-0.39, 0.29) is 11.4 Å². The van der Waals surface area contributed by atoms with Gasteiger partial charge in [0.1, 0.15) is 17.6 Å². The van der Waals surface area contributed by atoms with E-state index in [2.05, 4.69) is 4.72 Å². The number of furan rings is 1. The molecule has 0 aliphatic rings. The second-order valence-corrected chi connectivity index (χ2v) is 7.13. The molecule has 0 bridgehead atoms. The quantitative estimate of drug-likeness (QED) is 0.750. The second kappa shape index (κ2) is 8.32. The first kappa shape index (κ1) is 18.5. The van der Waals surface area contributed by atoms with Crippen LogP contribution >= 0.6 is 0 Å². The Balaban J connectivity index is 2.08. The van der Waals surface area contributed by atoms with Crippen molar-refractivity contribution in [2.24, 2.45) is 0 Å². The second-order valence-electron chi connectivity index (χ2n) is 5.37. The van der Waals surface area contributed by atoms with Crippen LogP contribution in [0.2, 0.25) is 0 Å². The zero-order valence-electron chi connectivity index (χ0n) is 14.1. The van der Waals surface area contributed by atoms with Crippen LogP contribution in [0.3, 0.4) is 0 Å². The molecular formula is C17H23NO5S. The van der Waals surface area contributed by atoms with Crippen molar-refractivity contribution in [1.82, 2.24) is 4.72 Å². The SMILES string of the molecule is CCCOc1ccc(S(=O)(=O)NCC(OC)c2ccco2)cc1C. The van der Waals surface area contributed by atoms with Crippen LogP contribution in [0.25, 0.3) is 0 Å². The fourth-order valence-corrected chi connectivity index (χ4v) is 3.32. The number of benzene rings is 1. The lowest BCUT2D eigenvalue weighted by molar-refractivity contribution is 0.0878. The zero-order chi connectivity index (χ0) is 17.6. The minimum Gasteiger partial charge on any atom is -0.493 e. The number of nitrogens with one attached hydrogen (secondary N) is 1. The molecule has 2 rings (SSSR count). The van der Waals surface area contributed by atoms with Crippen LogP contribution in [0.15, 0.2) is 45.9 Å². The molecule has 7 heteroatoms. The highest BCUT2D eigenvalue weighted by atomic mass is 32.2. The van der Waals surface area contributed by atoms with Gasteiger partial charge in [-0.15, -0.1) is 0 Å². The number of hydrogen-bond acceptors (Lipinski definition) is 5. The first-order chi connectivity index (χ1) is 11.5. The molecule has 1 aromatic heterocycles. The van der Waals surface area contributed by atoms with Gasteiger partial charge in [0.2, 0.25) is 10.0 Å². The minimum atomic E-state index is -3.64. The summed E-state index contributed by atoms with van der Waals surface area (Å²) in [6.07, 6.45) is 1.93. The summed E-state index contributed by atoms with van der Waals surface area (Å²) in [6, 6.07) is 8.29. The zero-order valence-corrected chi connectivity index (χ0v) is 14.9. The summed E-state index contributed by atoms with van der Waals surface area (Å²) in [6.45, 7) is 4.53. The van der Waals surface area contributed by atoms with Gasteiger partial charge in [0.05, 0.1) is 17.8 Å². The van der Waals surface area contributed by atoms with Crippen LogP contribution in [-0.2, 0) is 14.8 Å². The maximum absolute atomic E-state index is 12.5. The van der Waals surface area contributed by atoms with Crippen molar-refractivity contribution in [3.63, 3.8) is 0 Å². The van der Waals surface area contributed by atoms with Gasteiger partial charge in [0.25, 0.3) is 0 Å². The van der Waals surface area contributed by atoms with E-state index in [4.69, 9.17) is 13.9 Å². The average Bonchev–Trinajstić information content (AvgIpc) is 3.08. The highest BCUT2D eigenvalue weighted by molar-refractivity contribution is 7.89. The first-order valence-electron chi connectivity index (χ1n) is 7.77. The maximum atomic E-state index is 12.5. The Kier molecular flexibility index (Phi) is 6.42. The fourth-order valence-electron chi connectivity index (χ4n) is 2.21. The summed E-state index contributed by atoms with van der Waals surface area (Å²) in [4.78, 5) is 0.193. The fraction of sp³-hybridized carbons (Fsp3) is 0.412. The standard InChI is InChI=1S/C17H23NO5S/c1-4-9-22-15-8-7-14(11-13(15)2)24(19,20)18-12-17(21-3)16-6-5-10-23-16/h5-8,10-11,17-18H,4,9,12H2,1-3H3. The number of methoxy groups -OCH3 is 1. The van der Waals surface area contributed by atoms with Crippen LogP contribution in [0.4, 0.5) is 0 Å².